The fourth-order valence-electron chi connectivity index (χ4n) is 1.86. The summed E-state index contributed by atoms with van der Waals surface area (Å²) in [5.41, 5.74) is 1.78. The molecule has 0 saturated carbocycles. The SMILES string of the molecule is CCC(C)C(=O)N(CCC(=O)O)c1ccccc1C. The van der Waals surface area contributed by atoms with E-state index < -0.39 is 5.97 Å². The lowest BCUT2D eigenvalue weighted by atomic mass is 10.1. The lowest BCUT2D eigenvalue weighted by Crippen LogP contribution is -2.37. The van der Waals surface area contributed by atoms with Gasteiger partial charge < -0.3 is 10.0 Å². The van der Waals surface area contributed by atoms with Crippen LogP contribution in [0.15, 0.2) is 24.3 Å². The fraction of sp³-hybridized carbons (Fsp3) is 0.467. The topological polar surface area (TPSA) is 57.6 Å². The highest BCUT2D eigenvalue weighted by molar-refractivity contribution is 5.95. The highest BCUT2D eigenvalue weighted by atomic mass is 16.4. The van der Waals surface area contributed by atoms with Crippen molar-refractivity contribution < 1.29 is 14.7 Å². The summed E-state index contributed by atoms with van der Waals surface area (Å²) < 4.78 is 0. The first kappa shape index (κ1) is 15.2. The molecule has 1 rings (SSSR count). The van der Waals surface area contributed by atoms with Crippen LogP contribution in [0.4, 0.5) is 5.69 Å². The maximum absolute atomic E-state index is 12.4. The van der Waals surface area contributed by atoms with Crippen LogP contribution in [0.2, 0.25) is 0 Å². The quantitative estimate of drug-likeness (QED) is 0.858. The Balaban J connectivity index is 3.01. The van der Waals surface area contributed by atoms with E-state index in [9.17, 15) is 9.59 Å². The molecule has 1 aromatic rings. The molecular formula is C15H21NO3. The molecule has 0 aliphatic rings. The monoisotopic (exact) mass is 263 g/mol. The fourth-order valence-corrected chi connectivity index (χ4v) is 1.86. The van der Waals surface area contributed by atoms with Gasteiger partial charge in [-0.15, -0.1) is 0 Å². The van der Waals surface area contributed by atoms with Crippen LogP contribution in [-0.2, 0) is 9.59 Å². The minimum atomic E-state index is -0.893. The molecule has 0 fully saturated rings. The van der Waals surface area contributed by atoms with Gasteiger partial charge in [-0.05, 0) is 25.0 Å². The lowest BCUT2D eigenvalue weighted by molar-refractivity contribution is -0.136. The predicted octanol–water partition coefficient (Wildman–Crippen LogP) is 2.85. The van der Waals surface area contributed by atoms with Crippen LogP contribution >= 0.6 is 0 Å². The van der Waals surface area contributed by atoms with Crippen molar-refractivity contribution in [3.8, 4) is 0 Å². The zero-order chi connectivity index (χ0) is 14.4. The Kier molecular flexibility index (Phi) is 5.55. The average molecular weight is 263 g/mol. The molecule has 19 heavy (non-hydrogen) atoms. The van der Waals surface area contributed by atoms with Crippen LogP contribution in [0.25, 0.3) is 0 Å². The van der Waals surface area contributed by atoms with Gasteiger partial charge >= 0.3 is 5.97 Å². The van der Waals surface area contributed by atoms with E-state index in [1.807, 2.05) is 45.0 Å². The lowest BCUT2D eigenvalue weighted by Gasteiger charge is -2.26. The van der Waals surface area contributed by atoms with Crippen molar-refractivity contribution in [2.45, 2.75) is 33.6 Å². The van der Waals surface area contributed by atoms with Crippen molar-refractivity contribution >= 4 is 17.6 Å². The highest BCUT2D eigenvalue weighted by Gasteiger charge is 2.22. The van der Waals surface area contributed by atoms with Crippen LogP contribution in [0.5, 0.6) is 0 Å². The third kappa shape index (κ3) is 4.09. The Morgan fingerprint density at radius 2 is 1.95 bits per heavy atom. The van der Waals surface area contributed by atoms with Gasteiger partial charge in [0.15, 0.2) is 0 Å². The largest absolute Gasteiger partial charge is 0.481 e. The van der Waals surface area contributed by atoms with Gasteiger partial charge in [0, 0.05) is 18.2 Å². The number of aryl methyl sites for hydroxylation is 1. The molecule has 0 bridgehead atoms. The second-order valence-electron chi connectivity index (χ2n) is 4.73. The third-order valence-electron chi connectivity index (χ3n) is 3.26. The number of hydrogen-bond acceptors (Lipinski definition) is 2. The summed E-state index contributed by atoms with van der Waals surface area (Å²) in [6.45, 7) is 5.96. The van der Waals surface area contributed by atoms with Crippen molar-refractivity contribution in [2.24, 2.45) is 5.92 Å². The summed E-state index contributed by atoms with van der Waals surface area (Å²) in [7, 11) is 0. The number of para-hydroxylation sites is 1. The number of hydrogen-bond donors (Lipinski definition) is 1. The van der Waals surface area contributed by atoms with Gasteiger partial charge in [0.2, 0.25) is 5.91 Å². The number of benzene rings is 1. The Hall–Kier alpha value is -1.84. The van der Waals surface area contributed by atoms with Crippen molar-refractivity contribution in [1.29, 1.82) is 0 Å². The number of carboxylic acids is 1. The summed E-state index contributed by atoms with van der Waals surface area (Å²) in [4.78, 5) is 24.7. The van der Waals surface area contributed by atoms with Crippen molar-refractivity contribution in [3.63, 3.8) is 0 Å². The van der Waals surface area contributed by atoms with E-state index in [1.165, 1.54) is 0 Å². The Labute approximate surface area is 114 Å². The molecule has 1 unspecified atom stereocenters. The first-order chi connectivity index (χ1) is 8.97. The minimum Gasteiger partial charge on any atom is -0.481 e. The number of carbonyl (C=O) groups excluding carboxylic acids is 1. The first-order valence-electron chi connectivity index (χ1n) is 6.56. The molecule has 4 nitrogen and oxygen atoms in total. The van der Waals surface area contributed by atoms with Crippen LogP contribution in [0.1, 0.15) is 32.3 Å². The van der Waals surface area contributed by atoms with Crippen LogP contribution < -0.4 is 4.90 Å². The number of nitrogens with zero attached hydrogens (tertiary/aromatic N) is 1. The third-order valence-corrected chi connectivity index (χ3v) is 3.26. The second kappa shape index (κ2) is 6.92. The van der Waals surface area contributed by atoms with Crippen LogP contribution in [-0.4, -0.2) is 23.5 Å². The van der Waals surface area contributed by atoms with Crippen molar-refractivity contribution in [3.05, 3.63) is 29.8 Å². The van der Waals surface area contributed by atoms with Gasteiger partial charge in [0.1, 0.15) is 0 Å². The highest BCUT2D eigenvalue weighted by Crippen LogP contribution is 2.22. The number of aliphatic carboxylic acids is 1. The van der Waals surface area contributed by atoms with Crippen molar-refractivity contribution in [2.75, 3.05) is 11.4 Å². The molecule has 0 saturated heterocycles. The van der Waals surface area contributed by atoms with Gasteiger partial charge in [-0.2, -0.15) is 0 Å². The first-order valence-corrected chi connectivity index (χ1v) is 6.56. The van der Waals surface area contributed by atoms with Crippen LogP contribution in [0.3, 0.4) is 0 Å². The van der Waals surface area contributed by atoms with E-state index >= 15 is 0 Å². The van der Waals surface area contributed by atoms with E-state index in [0.29, 0.717) is 0 Å². The van der Waals surface area contributed by atoms with E-state index in [1.54, 1.807) is 4.90 Å². The molecule has 1 amide bonds. The van der Waals surface area contributed by atoms with Gasteiger partial charge in [0.05, 0.1) is 6.42 Å². The summed E-state index contributed by atoms with van der Waals surface area (Å²) in [6, 6.07) is 7.55. The molecule has 1 N–H and O–H groups in total. The summed E-state index contributed by atoms with van der Waals surface area (Å²) in [5, 5.41) is 8.82. The molecule has 104 valence electrons. The molecule has 0 spiro atoms. The normalized spacial score (nSPS) is 11.9. The van der Waals surface area contributed by atoms with Crippen LogP contribution in [0, 0.1) is 12.8 Å². The molecule has 0 aliphatic heterocycles. The van der Waals surface area contributed by atoms with Gasteiger partial charge in [-0.3, -0.25) is 9.59 Å². The standard InChI is InChI=1S/C15H21NO3/c1-4-11(2)15(19)16(10-9-14(17)18)13-8-6-5-7-12(13)3/h5-8,11H,4,9-10H2,1-3H3,(H,17,18). The summed E-state index contributed by atoms with van der Waals surface area (Å²) in [5.74, 6) is -1.01. The van der Waals surface area contributed by atoms with Crippen molar-refractivity contribution in [1.82, 2.24) is 0 Å². The molecule has 4 heteroatoms. The zero-order valence-electron chi connectivity index (χ0n) is 11.7. The smallest absolute Gasteiger partial charge is 0.305 e. The second-order valence-corrected chi connectivity index (χ2v) is 4.73. The molecular weight excluding hydrogens is 242 g/mol. The van der Waals surface area contributed by atoms with Gasteiger partial charge in [-0.1, -0.05) is 32.0 Å². The molecule has 1 aromatic carbocycles. The summed E-state index contributed by atoms with van der Waals surface area (Å²) in [6.07, 6.45) is 0.699. The number of carboxylic acid groups (broad SMARTS) is 1. The Morgan fingerprint density at radius 1 is 1.32 bits per heavy atom. The zero-order valence-corrected chi connectivity index (χ0v) is 11.7. The maximum Gasteiger partial charge on any atom is 0.305 e. The molecule has 0 aliphatic carbocycles. The Morgan fingerprint density at radius 3 is 2.47 bits per heavy atom. The number of amides is 1. The summed E-state index contributed by atoms with van der Waals surface area (Å²) >= 11 is 0. The van der Waals surface area contributed by atoms with Gasteiger partial charge in [0.25, 0.3) is 0 Å². The predicted molar refractivity (Wildman–Crippen MR) is 75.2 cm³/mol. The molecule has 1 atom stereocenters. The van der Waals surface area contributed by atoms with E-state index in [2.05, 4.69) is 0 Å². The maximum atomic E-state index is 12.4. The molecule has 0 heterocycles. The molecule has 0 radical (unpaired) electrons. The number of carbonyl (C=O) groups is 2. The Bertz CT molecular complexity index is 456. The molecule has 0 aromatic heterocycles. The minimum absolute atomic E-state index is 0.0157. The number of rotatable bonds is 6. The van der Waals surface area contributed by atoms with E-state index in [4.69, 9.17) is 5.11 Å². The van der Waals surface area contributed by atoms with Gasteiger partial charge in [-0.25, -0.2) is 0 Å². The average Bonchev–Trinajstić information content (AvgIpc) is 2.39. The van der Waals surface area contributed by atoms with E-state index in [-0.39, 0.29) is 24.8 Å². The van der Waals surface area contributed by atoms with E-state index in [0.717, 1.165) is 17.7 Å². The number of anilines is 1.